The first-order valence-electron chi connectivity index (χ1n) is 5.74. The third-order valence-electron chi connectivity index (χ3n) is 3.54. The number of anilines is 1. The summed E-state index contributed by atoms with van der Waals surface area (Å²) in [6.45, 7) is 0.923. The summed E-state index contributed by atoms with van der Waals surface area (Å²) in [4.78, 5) is 2.16. The van der Waals surface area contributed by atoms with E-state index >= 15 is 0 Å². The molecular formula is C14H14ClNO. The molecule has 0 radical (unpaired) electrons. The van der Waals surface area contributed by atoms with E-state index in [-0.39, 0.29) is 0 Å². The highest BCUT2D eigenvalue weighted by Gasteiger charge is 2.28. The monoisotopic (exact) mass is 247 g/mol. The van der Waals surface area contributed by atoms with Crippen molar-refractivity contribution in [3.8, 4) is 5.75 Å². The number of benzene rings is 2. The van der Waals surface area contributed by atoms with Crippen molar-refractivity contribution in [1.29, 1.82) is 0 Å². The van der Waals surface area contributed by atoms with Gasteiger partial charge in [-0.25, -0.2) is 0 Å². The zero-order valence-electron chi connectivity index (χ0n) is 9.65. The van der Waals surface area contributed by atoms with Crippen molar-refractivity contribution in [2.75, 3.05) is 24.4 Å². The van der Waals surface area contributed by atoms with Crippen molar-refractivity contribution < 1.29 is 5.11 Å². The third kappa shape index (κ3) is 1.48. The second-order valence-electron chi connectivity index (χ2n) is 4.61. The first-order valence-corrected chi connectivity index (χ1v) is 6.27. The maximum absolute atomic E-state index is 10.1. The Bertz CT molecular complexity index is 582. The highest BCUT2D eigenvalue weighted by Crippen LogP contribution is 2.44. The van der Waals surface area contributed by atoms with E-state index in [9.17, 15) is 5.11 Å². The molecule has 0 aliphatic carbocycles. The Balaban J connectivity index is 2.38. The molecule has 1 aliphatic heterocycles. The van der Waals surface area contributed by atoms with Gasteiger partial charge in [-0.2, -0.15) is 0 Å². The average molecular weight is 248 g/mol. The molecule has 0 unspecified atom stereocenters. The van der Waals surface area contributed by atoms with Crippen LogP contribution in [0.1, 0.15) is 11.5 Å². The number of hydrogen-bond acceptors (Lipinski definition) is 2. The summed E-state index contributed by atoms with van der Waals surface area (Å²) in [6.07, 6.45) is 0. The van der Waals surface area contributed by atoms with E-state index in [0.717, 1.165) is 23.0 Å². The average Bonchev–Trinajstić information content (AvgIpc) is 2.67. The lowest BCUT2D eigenvalue weighted by Gasteiger charge is -2.13. The number of fused-ring (bicyclic) bond motifs is 3. The van der Waals surface area contributed by atoms with Crippen molar-refractivity contribution >= 4 is 28.1 Å². The number of phenolic OH excluding ortho intramolecular Hbond substituents is 1. The quantitative estimate of drug-likeness (QED) is 0.782. The Labute approximate surface area is 105 Å². The van der Waals surface area contributed by atoms with E-state index in [1.54, 1.807) is 0 Å². The number of hydrogen-bond donors (Lipinski definition) is 1. The summed E-state index contributed by atoms with van der Waals surface area (Å²) in [7, 11) is 2.04. The van der Waals surface area contributed by atoms with Crippen molar-refractivity contribution in [3.63, 3.8) is 0 Å². The first-order chi connectivity index (χ1) is 8.22. The number of likely N-dealkylation sites (N-methyl/N-ethyl adjacent to an activating group) is 1. The normalized spacial score (nSPS) is 18.7. The molecule has 3 heteroatoms. The molecule has 1 aliphatic rings. The fraction of sp³-hybridized carbons (Fsp3) is 0.286. The van der Waals surface area contributed by atoms with Gasteiger partial charge in [0.1, 0.15) is 5.75 Å². The summed E-state index contributed by atoms with van der Waals surface area (Å²) in [6, 6.07) is 9.82. The summed E-state index contributed by atoms with van der Waals surface area (Å²) in [5, 5.41) is 12.1. The van der Waals surface area contributed by atoms with Gasteiger partial charge in [-0.1, -0.05) is 24.3 Å². The van der Waals surface area contributed by atoms with Crippen LogP contribution >= 0.6 is 11.6 Å². The molecule has 0 spiro atoms. The first kappa shape index (κ1) is 10.7. The van der Waals surface area contributed by atoms with Crippen LogP contribution in [0.5, 0.6) is 5.75 Å². The molecule has 2 nitrogen and oxygen atoms in total. The molecule has 2 aromatic carbocycles. The smallest absolute Gasteiger partial charge is 0.125 e. The van der Waals surface area contributed by atoms with E-state index in [1.165, 1.54) is 5.56 Å². The second-order valence-corrected chi connectivity index (χ2v) is 4.91. The van der Waals surface area contributed by atoms with Crippen LogP contribution in [-0.2, 0) is 0 Å². The van der Waals surface area contributed by atoms with E-state index in [0.29, 0.717) is 17.5 Å². The van der Waals surface area contributed by atoms with Gasteiger partial charge in [0.15, 0.2) is 0 Å². The van der Waals surface area contributed by atoms with Crippen molar-refractivity contribution in [1.82, 2.24) is 0 Å². The minimum absolute atomic E-state index is 0.349. The standard InChI is InChI=1S/C14H14ClNO/c1-16-8-9(7-15)14-11-5-3-2-4-10(11)13(17)6-12(14)16/h2-6,9,17H,7-8H2,1H3/t9-/m0/s1. The molecule has 1 atom stereocenters. The SMILES string of the molecule is CN1C[C@H](CCl)c2c1cc(O)c1ccccc21. The Morgan fingerprint density at radius 3 is 2.76 bits per heavy atom. The Morgan fingerprint density at radius 1 is 1.35 bits per heavy atom. The van der Waals surface area contributed by atoms with E-state index in [4.69, 9.17) is 11.6 Å². The van der Waals surface area contributed by atoms with Crippen LogP contribution < -0.4 is 4.90 Å². The van der Waals surface area contributed by atoms with Gasteiger partial charge in [-0.05, 0) is 10.9 Å². The van der Waals surface area contributed by atoms with Crippen LogP contribution in [0.3, 0.4) is 0 Å². The molecule has 0 amide bonds. The fourth-order valence-electron chi connectivity index (χ4n) is 2.76. The summed E-state index contributed by atoms with van der Waals surface area (Å²) >= 11 is 6.05. The zero-order valence-corrected chi connectivity index (χ0v) is 10.4. The number of halogens is 1. The molecule has 17 heavy (non-hydrogen) atoms. The molecule has 3 rings (SSSR count). The van der Waals surface area contributed by atoms with Crippen molar-refractivity contribution in [3.05, 3.63) is 35.9 Å². The highest BCUT2D eigenvalue weighted by molar-refractivity contribution is 6.18. The number of aromatic hydroxyl groups is 1. The Kier molecular flexibility index (Phi) is 2.40. The predicted molar refractivity (Wildman–Crippen MR) is 72.3 cm³/mol. The Hall–Kier alpha value is -1.41. The molecule has 88 valence electrons. The third-order valence-corrected chi connectivity index (χ3v) is 3.92. The maximum Gasteiger partial charge on any atom is 0.125 e. The van der Waals surface area contributed by atoms with Crippen LogP contribution in [0.25, 0.3) is 10.8 Å². The van der Waals surface area contributed by atoms with Crippen LogP contribution in [-0.4, -0.2) is 24.6 Å². The van der Waals surface area contributed by atoms with Crippen LogP contribution in [0.15, 0.2) is 30.3 Å². The molecule has 1 heterocycles. The van der Waals surface area contributed by atoms with Crippen LogP contribution in [0, 0.1) is 0 Å². The van der Waals surface area contributed by atoms with Gasteiger partial charge in [0.05, 0.1) is 0 Å². The van der Waals surface area contributed by atoms with Crippen LogP contribution in [0.4, 0.5) is 5.69 Å². The van der Waals surface area contributed by atoms with Gasteiger partial charge >= 0.3 is 0 Å². The number of alkyl halides is 1. The lowest BCUT2D eigenvalue weighted by molar-refractivity contribution is 0.481. The lowest BCUT2D eigenvalue weighted by Crippen LogP contribution is -2.15. The van der Waals surface area contributed by atoms with Gasteiger partial charge in [0, 0.05) is 42.5 Å². The van der Waals surface area contributed by atoms with Gasteiger partial charge in [-0.3, -0.25) is 0 Å². The number of rotatable bonds is 1. The van der Waals surface area contributed by atoms with E-state index in [2.05, 4.69) is 11.0 Å². The van der Waals surface area contributed by atoms with Crippen molar-refractivity contribution in [2.24, 2.45) is 0 Å². The predicted octanol–water partition coefficient (Wildman–Crippen LogP) is 3.32. The van der Waals surface area contributed by atoms with Gasteiger partial charge < -0.3 is 10.0 Å². The molecular weight excluding hydrogens is 234 g/mol. The minimum atomic E-state index is 0.349. The minimum Gasteiger partial charge on any atom is -0.507 e. The second kappa shape index (κ2) is 3.81. The topological polar surface area (TPSA) is 23.5 Å². The molecule has 0 fully saturated rings. The highest BCUT2D eigenvalue weighted by atomic mass is 35.5. The maximum atomic E-state index is 10.1. The molecule has 2 aromatic rings. The molecule has 0 saturated carbocycles. The largest absolute Gasteiger partial charge is 0.507 e. The van der Waals surface area contributed by atoms with Gasteiger partial charge in [0.25, 0.3) is 0 Å². The lowest BCUT2D eigenvalue weighted by atomic mass is 9.95. The Morgan fingerprint density at radius 2 is 2.06 bits per heavy atom. The molecule has 0 saturated heterocycles. The van der Waals surface area contributed by atoms with E-state index < -0.39 is 0 Å². The molecule has 0 aromatic heterocycles. The summed E-state index contributed by atoms with van der Waals surface area (Å²) in [5.74, 6) is 1.31. The summed E-state index contributed by atoms with van der Waals surface area (Å²) in [5.41, 5.74) is 2.38. The van der Waals surface area contributed by atoms with Gasteiger partial charge in [0.2, 0.25) is 0 Å². The fourth-order valence-corrected chi connectivity index (χ4v) is 3.01. The molecule has 1 N–H and O–H groups in total. The van der Waals surface area contributed by atoms with Crippen molar-refractivity contribution in [2.45, 2.75) is 5.92 Å². The van der Waals surface area contributed by atoms with Crippen LogP contribution in [0.2, 0.25) is 0 Å². The molecule has 0 bridgehead atoms. The zero-order chi connectivity index (χ0) is 12.0. The number of phenols is 1. The van der Waals surface area contributed by atoms with Gasteiger partial charge in [-0.15, -0.1) is 11.6 Å². The number of nitrogens with zero attached hydrogens (tertiary/aromatic N) is 1. The van der Waals surface area contributed by atoms with E-state index in [1.807, 2.05) is 31.3 Å². The summed E-state index contributed by atoms with van der Waals surface area (Å²) < 4.78 is 0.